The molecule has 1 heterocycles. The molecule has 0 aliphatic heterocycles. The molecule has 0 saturated carbocycles. The minimum atomic E-state index is 0.580. The summed E-state index contributed by atoms with van der Waals surface area (Å²) in [4.78, 5) is 8.34. The first-order chi connectivity index (χ1) is 7.26. The van der Waals surface area contributed by atoms with Crippen LogP contribution in [-0.2, 0) is 4.74 Å². The van der Waals surface area contributed by atoms with Crippen LogP contribution in [0.4, 0.5) is 5.82 Å². The van der Waals surface area contributed by atoms with E-state index < -0.39 is 0 Å². The molecule has 0 aliphatic carbocycles. The van der Waals surface area contributed by atoms with Crippen molar-refractivity contribution in [2.45, 2.75) is 13.3 Å². The normalized spacial score (nSPS) is 10.1. The molecule has 0 aliphatic rings. The fourth-order valence-corrected chi connectivity index (χ4v) is 1.17. The van der Waals surface area contributed by atoms with Crippen LogP contribution in [0.25, 0.3) is 0 Å². The summed E-state index contributed by atoms with van der Waals surface area (Å²) in [6.07, 6.45) is 0.946. The van der Waals surface area contributed by atoms with Crippen LogP contribution < -0.4 is 10.1 Å². The lowest BCUT2D eigenvalue weighted by Crippen LogP contribution is -2.07. The molecule has 1 rings (SSSR count). The van der Waals surface area contributed by atoms with Crippen LogP contribution in [0, 0.1) is 6.92 Å². The number of aromatic nitrogens is 2. The van der Waals surface area contributed by atoms with Gasteiger partial charge in [0.1, 0.15) is 11.6 Å². The molecule has 0 spiro atoms. The maximum absolute atomic E-state index is 5.05. The van der Waals surface area contributed by atoms with E-state index in [1.54, 1.807) is 20.3 Å². The second-order valence-corrected chi connectivity index (χ2v) is 3.12. The quantitative estimate of drug-likeness (QED) is 0.717. The Balaban J connectivity index is 2.49. The highest BCUT2D eigenvalue weighted by molar-refractivity contribution is 5.38. The average molecular weight is 211 g/mol. The molecule has 0 fully saturated rings. The Morgan fingerprint density at radius 3 is 2.80 bits per heavy atom. The monoisotopic (exact) mass is 211 g/mol. The summed E-state index contributed by atoms with van der Waals surface area (Å²) in [6.45, 7) is 3.41. The van der Waals surface area contributed by atoms with Gasteiger partial charge in [-0.25, -0.2) is 4.98 Å². The van der Waals surface area contributed by atoms with Gasteiger partial charge in [-0.3, -0.25) is 0 Å². The van der Waals surface area contributed by atoms with Crippen molar-refractivity contribution in [2.75, 3.05) is 32.7 Å². The van der Waals surface area contributed by atoms with Gasteiger partial charge in [0.25, 0.3) is 0 Å². The molecule has 1 aromatic heterocycles. The molecule has 15 heavy (non-hydrogen) atoms. The summed E-state index contributed by atoms with van der Waals surface area (Å²) in [5.41, 5.74) is 0. The number of rotatable bonds is 6. The van der Waals surface area contributed by atoms with E-state index in [2.05, 4.69) is 15.3 Å². The summed E-state index contributed by atoms with van der Waals surface area (Å²) < 4.78 is 10.00. The molecule has 5 heteroatoms. The first-order valence-electron chi connectivity index (χ1n) is 4.88. The Kier molecular flexibility index (Phi) is 4.83. The minimum absolute atomic E-state index is 0.580. The summed E-state index contributed by atoms with van der Waals surface area (Å²) in [5.74, 6) is 2.07. The predicted molar refractivity (Wildman–Crippen MR) is 58.3 cm³/mol. The lowest BCUT2D eigenvalue weighted by atomic mass is 10.4. The van der Waals surface area contributed by atoms with Gasteiger partial charge in [-0.05, 0) is 13.3 Å². The Morgan fingerprint density at radius 1 is 1.33 bits per heavy atom. The second kappa shape index (κ2) is 6.19. The predicted octanol–water partition coefficient (Wildman–Crippen LogP) is 1.24. The van der Waals surface area contributed by atoms with E-state index in [1.807, 2.05) is 6.92 Å². The molecule has 1 N–H and O–H groups in total. The van der Waals surface area contributed by atoms with Crippen LogP contribution in [0.1, 0.15) is 12.2 Å². The van der Waals surface area contributed by atoms with Crippen molar-refractivity contribution in [2.24, 2.45) is 0 Å². The first kappa shape index (κ1) is 11.7. The van der Waals surface area contributed by atoms with Crippen LogP contribution in [0.2, 0.25) is 0 Å². The Morgan fingerprint density at radius 2 is 2.13 bits per heavy atom. The molecular weight excluding hydrogens is 194 g/mol. The number of methoxy groups -OCH3 is 2. The average Bonchev–Trinajstić information content (AvgIpc) is 2.23. The van der Waals surface area contributed by atoms with Gasteiger partial charge in [-0.2, -0.15) is 4.98 Å². The van der Waals surface area contributed by atoms with Gasteiger partial charge in [0.2, 0.25) is 5.88 Å². The molecule has 0 radical (unpaired) electrons. The minimum Gasteiger partial charge on any atom is -0.481 e. The van der Waals surface area contributed by atoms with E-state index in [0.717, 1.165) is 25.4 Å². The van der Waals surface area contributed by atoms with Gasteiger partial charge in [0.15, 0.2) is 0 Å². The van der Waals surface area contributed by atoms with Crippen LogP contribution in [0.5, 0.6) is 5.88 Å². The molecule has 0 aromatic carbocycles. The second-order valence-electron chi connectivity index (χ2n) is 3.12. The summed E-state index contributed by atoms with van der Waals surface area (Å²) in [7, 11) is 3.29. The Labute approximate surface area is 89.8 Å². The highest BCUT2D eigenvalue weighted by Crippen LogP contribution is 2.12. The topological polar surface area (TPSA) is 56.3 Å². The van der Waals surface area contributed by atoms with Crippen LogP contribution in [-0.4, -0.2) is 37.3 Å². The van der Waals surface area contributed by atoms with Crippen molar-refractivity contribution in [3.63, 3.8) is 0 Å². The third kappa shape index (κ3) is 4.12. The van der Waals surface area contributed by atoms with E-state index in [0.29, 0.717) is 11.7 Å². The molecule has 0 atom stereocenters. The van der Waals surface area contributed by atoms with Crippen LogP contribution >= 0.6 is 0 Å². The van der Waals surface area contributed by atoms with Crippen molar-refractivity contribution in [1.29, 1.82) is 0 Å². The van der Waals surface area contributed by atoms with Gasteiger partial charge < -0.3 is 14.8 Å². The number of nitrogens with zero attached hydrogens (tertiary/aromatic N) is 2. The molecular formula is C10H17N3O2. The zero-order valence-corrected chi connectivity index (χ0v) is 9.41. The fraction of sp³-hybridized carbons (Fsp3) is 0.600. The number of ether oxygens (including phenoxy) is 2. The third-order valence-corrected chi connectivity index (χ3v) is 1.85. The molecule has 1 aromatic rings. The maximum atomic E-state index is 5.05. The van der Waals surface area contributed by atoms with E-state index in [1.165, 1.54) is 0 Å². The molecule has 84 valence electrons. The summed E-state index contributed by atoms with van der Waals surface area (Å²) in [5, 5.41) is 3.18. The van der Waals surface area contributed by atoms with Crippen LogP contribution in [0.15, 0.2) is 6.07 Å². The SMILES string of the molecule is COCCCNc1cc(OC)nc(C)n1. The number of anilines is 1. The lowest BCUT2D eigenvalue weighted by molar-refractivity contribution is 0.197. The Bertz CT molecular complexity index is 305. The number of hydrogen-bond donors (Lipinski definition) is 1. The van der Waals surface area contributed by atoms with Gasteiger partial charge in [0, 0.05) is 26.3 Å². The van der Waals surface area contributed by atoms with Gasteiger partial charge in [-0.1, -0.05) is 0 Å². The molecule has 0 bridgehead atoms. The number of hydrogen-bond acceptors (Lipinski definition) is 5. The lowest BCUT2D eigenvalue weighted by Gasteiger charge is -2.07. The van der Waals surface area contributed by atoms with E-state index >= 15 is 0 Å². The number of aryl methyl sites for hydroxylation is 1. The van der Waals surface area contributed by atoms with Gasteiger partial charge in [0.05, 0.1) is 7.11 Å². The van der Waals surface area contributed by atoms with E-state index in [4.69, 9.17) is 9.47 Å². The fourth-order valence-electron chi connectivity index (χ4n) is 1.17. The van der Waals surface area contributed by atoms with Crippen molar-refractivity contribution in [3.05, 3.63) is 11.9 Å². The highest BCUT2D eigenvalue weighted by atomic mass is 16.5. The van der Waals surface area contributed by atoms with Crippen molar-refractivity contribution >= 4 is 5.82 Å². The summed E-state index contributed by atoms with van der Waals surface area (Å²) in [6, 6.07) is 1.78. The zero-order valence-electron chi connectivity index (χ0n) is 9.41. The molecule has 0 saturated heterocycles. The number of nitrogens with one attached hydrogen (secondary N) is 1. The van der Waals surface area contributed by atoms with E-state index in [-0.39, 0.29) is 0 Å². The van der Waals surface area contributed by atoms with Gasteiger partial charge >= 0.3 is 0 Å². The molecule has 0 amide bonds. The van der Waals surface area contributed by atoms with Crippen molar-refractivity contribution in [1.82, 2.24) is 9.97 Å². The third-order valence-electron chi connectivity index (χ3n) is 1.85. The van der Waals surface area contributed by atoms with Crippen molar-refractivity contribution < 1.29 is 9.47 Å². The maximum Gasteiger partial charge on any atom is 0.218 e. The molecule has 5 nitrogen and oxygen atoms in total. The smallest absolute Gasteiger partial charge is 0.218 e. The summed E-state index contributed by atoms with van der Waals surface area (Å²) >= 11 is 0. The van der Waals surface area contributed by atoms with Crippen LogP contribution in [0.3, 0.4) is 0 Å². The van der Waals surface area contributed by atoms with E-state index in [9.17, 15) is 0 Å². The first-order valence-corrected chi connectivity index (χ1v) is 4.88. The standard InChI is InChI=1S/C10H17N3O2/c1-8-12-9(7-10(13-8)15-3)11-5-4-6-14-2/h7H,4-6H2,1-3H3,(H,11,12,13). The molecule has 0 unspecified atom stereocenters. The van der Waals surface area contributed by atoms with Gasteiger partial charge in [-0.15, -0.1) is 0 Å². The zero-order chi connectivity index (χ0) is 11.1. The largest absolute Gasteiger partial charge is 0.481 e. The van der Waals surface area contributed by atoms with Crippen molar-refractivity contribution in [3.8, 4) is 5.88 Å². The highest BCUT2D eigenvalue weighted by Gasteiger charge is 2.00. The Hall–Kier alpha value is -1.36.